The van der Waals surface area contributed by atoms with Gasteiger partial charge in [0.1, 0.15) is 24.0 Å². The normalized spacial score (nSPS) is 19.1. The molecule has 0 amide bonds. The Morgan fingerprint density at radius 2 is 0.961 bits per heavy atom. The number of hydrogen-bond donors (Lipinski definition) is 0. The zero-order chi connectivity index (χ0) is 53.8. The Hall–Kier alpha value is -7.11. The Kier molecular flexibility index (Phi) is 12.0. The molecule has 2 aliphatic carbocycles. The van der Waals surface area contributed by atoms with Crippen LogP contribution < -0.4 is 14.5 Å². The Balaban J connectivity index is 1.04. The van der Waals surface area contributed by atoms with E-state index in [1.165, 1.54) is 68.5 Å². The number of rotatable bonds is 9. The first kappa shape index (κ1) is 50.7. The largest absolute Gasteiger partial charge is 0.457 e. The molecule has 392 valence electrons. The van der Waals surface area contributed by atoms with Crippen LogP contribution in [0.25, 0.3) is 27.6 Å². The molecule has 5 heteroatoms. The molecule has 0 bridgehead atoms. The molecule has 0 spiro atoms. The van der Waals surface area contributed by atoms with E-state index < -0.39 is 0 Å². The number of benzene rings is 7. The van der Waals surface area contributed by atoms with E-state index in [4.69, 9.17) is 9.72 Å². The zero-order valence-corrected chi connectivity index (χ0v) is 47.5. The van der Waals surface area contributed by atoms with Gasteiger partial charge in [0, 0.05) is 45.6 Å². The average molecular weight is 1020 g/mol. The van der Waals surface area contributed by atoms with Crippen molar-refractivity contribution in [3.63, 3.8) is 0 Å². The number of pyridine rings is 1. The van der Waals surface area contributed by atoms with Gasteiger partial charge in [-0.1, -0.05) is 204 Å². The molecular formula is C72H78N4O. The predicted octanol–water partition coefficient (Wildman–Crippen LogP) is 19.6. The summed E-state index contributed by atoms with van der Waals surface area (Å²) >= 11 is 0. The minimum Gasteiger partial charge on any atom is -0.457 e. The first-order valence-corrected chi connectivity index (χ1v) is 28.5. The maximum absolute atomic E-state index is 6.99. The smallest absolute Gasteiger partial charge is 0.137 e. The summed E-state index contributed by atoms with van der Waals surface area (Å²) in [6.07, 6.45) is 8.91. The highest BCUT2D eigenvalue weighted by molar-refractivity contribution is 6.09. The van der Waals surface area contributed by atoms with Gasteiger partial charge in [-0.15, -0.1) is 0 Å². The molecule has 0 atom stereocenters. The van der Waals surface area contributed by atoms with Crippen molar-refractivity contribution >= 4 is 44.6 Å². The van der Waals surface area contributed by atoms with E-state index in [9.17, 15) is 0 Å². The van der Waals surface area contributed by atoms with Crippen LogP contribution in [0.2, 0.25) is 0 Å². The van der Waals surface area contributed by atoms with Crippen LogP contribution in [0.4, 0.5) is 22.7 Å². The predicted molar refractivity (Wildman–Crippen MR) is 323 cm³/mol. The number of aromatic nitrogens is 2. The van der Waals surface area contributed by atoms with Crippen LogP contribution in [0.1, 0.15) is 143 Å². The molecule has 77 heavy (non-hydrogen) atoms. The minimum absolute atomic E-state index is 0.0185. The summed E-state index contributed by atoms with van der Waals surface area (Å²) in [7, 11) is 0. The van der Waals surface area contributed by atoms with Gasteiger partial charge in [0.15, 0.2) is 0 Å². The van der Waals surface area contributed by atoms with Gasteiger partial charge >= 0.3 is 0 Å². The Morgan fingerprint density at radius 1 is 0.455 bits per heavy atom. The zero-order valence-electron chi connectivity index (χ0n) is 47.5. The highest BCUT2D eigenvalue weighted by atomic mass is 16.5. The van der Waals surface area contributed by atoms with Gasteiger partial charge < -0.3 is 14.5 Å². The van der Waals surface area contributed by atoms with E-state index in [1.807, 2.05) is 6.20 Å². The summed E-state index contributed by atoms with van der Waals surface area (Å²) in [6.45, 7) is 28.0. The van der Waals surface area contributed by atoms with Crippen LogP contribution in [0.3, 0.4) is 0 Å². The van der Waals surface area contributed by atoms with Gasteiger partial charge in [-0.3, -0.25) is 4.57 Å². The maximum atomic E-state index is 6.99. The first-order valence-electron chi connectivity index (χ1n) is 28.5. The SMILES string of the molecule is CC(C)(C)c1ccnc(-n2c3ccccc3c3ccc(Oc4cccc(N5CN(c6c(C7(c8ccccc8)C(C)(C)CCCC7(C)C)cccc6C6(c7ccccc7)C(C)(C)CCCC6(C)C)c6ccccc65)c4)cc32)c1. The van der Waals surface area contributed by atoms with Crippen LogP contribution in [-0.2, 0) is 16.2 Å². The lowest BCUT2D eigenvalue weighted by Crippen LogP contribution is -2.58. The van der Waals surface area contributed by atoms with Gasteiger partial charge in [0.2, 0.25) is 0 Å². The molecule has 2 saturated carbocycles. The number of nitrogens with zero attached hydrogens (tertiary/aromatic N) is 4. The number of para-hydroxylation sites is 4. The van der Waals surface area contributed by atoms with Crippen molar-refractivity contribution in [2.45, 2.75) is 131 Å². The number of ether oxygens (including phenoxy) is 1. The lowest BCUT2D eigenvalue weighted by atomic mass is 9.40. The van der Waals surface area contributed by atoms with E-state index in [-0.39, 0.29) is 37.9 Å². The summed E-state index contributed by atoms with van der Waals surface area (Å²) in [5, 5.41) is 2.36. The number of fused-ring (bicyclic) bond motifs is 4. The van der Waals surface area contributed by atoms with Crippen LogP contribution in [0.5, 0.6) is 11.5 Å². The van der Waals surface area contributed by atoms with Crippen molar-refractivity contribution < 1.29 is 4.74 Å². The summed E-state index contributed by atoms with van der Waals surface area (Å²) < 4.78 is 9.28. The lowest BCUT2D eigenvalue weighted by Gasteiger charge is -2.63. The van der Waals surface area contributed by atoms with Gasteiger partial charge in [-0.05, 0) is 135 Å². The standard InChI is InChI=1S/C72H78N4O/c1-66(2,3)52-40-45-73-64(46-52)76-60-35-19-18-32-56(60)57-39-38-55(48-63(57)76)77-54-31-22-30-53(47-54)74-49-75(62-37-21-20-36-61(62)74)65-58(71(50-26-14-12-15-27-50)67(4,5)41-24-42-68(71,6)7)33-23-34-59(65)72(51-28-16-13-17-29-51)69(8,9)43-25-44-70(72,10)11/h12-23,26-40,45-48H,24-25,41-44,49H2,1-11H3. The van der Waals surface area contributed by atoms with Gasteiger partial charge in [0.25, 0.3) is 0 Å². The molecule has 2 aromatic heterocycles. The van der Waals surface area contributed by atoms with Gasteiger partial charge in [0.05, 0.1) is 28.1 Å². The Morgan fingerprint density at radius 3 is 1.55 bits per heavy atom. The molecule has 5 nitrogen and oxygen atoms in total. The first-order chi connectivity index (χ1) is 36.8. The number of hydrogen-bond acceptors (Lipinski definition) is 4. The Bertz CT molecular complexity index is 3530. The summed E-state index contributed by atoms with van der Waals surface area (Å²) in [5.41, 5.74) is 12.9. The summed E-state index contributed by atoms with van der Waals surface area (Å²) in [5.74, 6) is 2.47. The van der Waals surface area contributed by atoms with Gasteiger partial charge in [-0.2, -0.15) is 0 Å². The van der Waals surface area contributed by atoms with Crippen molar-refractivity contribution in [3.8, 4) is 17.3 Å². The van der Waals surface area contributed by atoms with Crippen LogP contribution >= 0.6 is 0 Å². The molecule has 3 heterocycles. The van der Waals surface area contributed by atoms with Crippen LogP contribution in [-0.4, -0.2) is 16.2 Å². The Labute approximate surface area is 459 Å². The van der Waals surface area contributed by atoms with Crippen molar-refractivity contribution in [1.82, 2.24) is 9.55 Å². The van der Waals surface area contributed by atoms with E-state index in [0.717, 1.165) is 59.7 Å². The molecule has 9 aromatic rings. The second-order valence-electron chi connectivity index (χ2n) is 26.4. The second-order valence-corrected chi connectivity index (χ2v) is 26.4. The molecule has 12 rings (SSSR count). The van der Waals surface area contributed by atoms with Crippen molar-refractivity contribution in [1.29, 1.82) is 0 Å². The van der Waals surface area contributed by atoms with Crippen molar-refractivity contribution in [2.24, 2.45) is 21.7 Å². The highest BCUT2D eigenvalue weighted by Crippen LogP contribution is 2.70. The molecule has 0 saturated heterocycles. The highest BCUT2D eigenvalue weighted by Gasteiger charge is 2.63. The van der Waals surface area contributed by atoms with Crippen molar-refractivity contribution in [2.75, 3.05) is 16.5 Å². The molecule has 7 aromatic carbocycles. The molecule has 0 radical (unpaired) electrons. The van der Waals surface area contributed by atoms with E-state index in [0.29, 0.717) is 6.67 Å². The van der Waals surface area contributed by atoms with Crippen LogP contribution in [0.15, 0.2) is 188 Å². The van der Waals surface area contributed by atoms with Crippen LogP contribution in [0, 0.1) is 21.7 Å². The minimum atomic E-state index is -0.347. The topological polar surface area (TPSA) is 33.5 Å². The molecule has 0 N–H and O–H groups in total. The monoisotopic (exact) mass is 1010 g/mol. The molecule has 2 fully saturated rings. The van der Waals surface area contributed by atoms with E-state index in [1.54, 1.807) is 0 Å². The third-order valence-corrected chi connectivity index (χ3v) is 19.4. The van der Waals surface area contributed by atoms with Crippen molar-refractivity contribution in [3.05, 3.63) is 216 Å². The molecular weight excluding hydrogens is 937 g/mol. The van der Waals surface area contributed by atoms with E-state index >= 15 is 0 Å². The fourth-order valence-corrected chi connectivity index (χ4v) is 16.4. The average Bonchev–Trinajstić information content (AvgIpc) is 4.06. The fourth-order valence-electron chi connectivity index (χ4n) is 16.4. The third kappa shape index (κ3) is 7.71. The summed E-state index contributed by atoms with van der Waals surface area (Å²) in [6, 6.07) is 68.2. The molecule has 3 aliphatic rings. The quantitative estimate of drug-likeness (QED) is 0.144. The lowest BCUT2D eigenvalue weighted by molar-refractivity contribution is 0.00150. The summed E-state index contributed by atoms with van der Waals surface area (Å²) in [4.78, 5) is 10.2. The third-order valence-electron chi connectivity index (χ3n) is 19.4. The van der Waals surface area contributed by atoms with Gasteiger partial charge in [-0.25, -0.2) is 4.98 Å². The second kappa shape index (κ2) is 18.3. The number of anilines is 4. The van der Waals surface area contributed by atoms with E-state index in [2.05, 4.69) is 273 Å². The molecule has 0 unspecified atom stereocenters. The maximum Gasteiger partial charge on any atom is 0.137 e. The fraction of sp³-hybridized carbons (Fsp3) is 0.347. The molecule has 1 aliphatic heterocycles.